The molecule has 0 aliphatic rings. The van der Waals surface area contributed by atoms with Gasteiger partial charge in [0.2, 0.25) is 0 Å². The molecular formula is C13H19NO2S. The zero-order valence-electron chi connectivity index (χ0n) is 10.8. The van der Waals surface area contributed by atoms with Crippen LogP contribution in [0.25, 0.3) is 0 Å². The van der Waals surface area contributed by atoms with E-state index in [2.05, 4.69) is 5.32 Å². The Hall–Kier alpha value is -1.16. The van der Waals surface area contributed by atoms with E-state index in [1.165, 1.54) is 11.3 Å². The average molecular weight is 253 g/mol. The Kier molecular flexibility index (Phi) is 4.46. The molecule has 1 heterocycles. The van der Waals surface area contributed by atoms with E-state index in [4.69, 9.17) is 0 Å². The highest BCUT2D eigenvalue weighted by Gasteiger charge is 2.22. The molecule has 17 heavy (non-hydrogen) atoms. The lowest BCUT2D eigenvalue weighted by molar-refractivity contribution is -0.125. The van der Waals surface area contributed by atoms with Crippen molar-refractivity contribution < 1.29 is 9.59 Å². The van der Waals surface area contributed by atoms with Crippen LogP contribution >= 0.6 is 11.3 Å². The maximum absolute atomic E-state index is 11.9. The van der Waals surface area contributed by atoms with Gasteiger partial charge in [0.1, 0.15) is 0 Å². The number of carbonyl (C=O) groups is 2. The van der Waals surface area contributed by atoms with E-state index in [0.29, 0.717) is 4.88 Å². The molecule has 0 aliphatic heterocycles. The Balaban J connectivity index is 2.60. The minimum Gasteiger partial charge on any atom is -0.344 e. The van der Waals surface area contributed by atoms with Crippen LogP contribution in [0, 0.1) is 5.41 Å². The molecule has 0 atom stereocenters. The molecule has 4 heteroatoms. The molecule has 0 aromatic carbocycles. The van der Waals surface area contributed by atoms with Gasteiger partial charge in [0, 0.05) is 5.41 Å². The van der Waals surface area contributed by atoms with Gasteiger partial charge in [0.15, 0.2) is 5.78 Å². The summed E-state index contributed by atoms with van der Waals surface area (Å²) in [6, 6.07) is 1.95. The topological polar surface area (TPSA) is 46.2 Å². The van der Waals surface area contributed by atoms with E-state index in [1.807, 2.05) is 39.1 Å². The average Bonchev–Trinajstić information content (AvgIpc) is 2.71. The van der Waals surface area contributed by atoms with Gasteiger partial charge < -0.3 is 5.32 Å². The Morgan fingerprint density at radius 2 is 2.00 bits per heavy atom. The number of carbonyl (C=O) groups excluding carboxylic acids is 2. The van der Waals surface area contributed by atoms with Crippen molar-refractivity contribution in [2.45, 2.75) is 34.1 Å². The van der Waals surface area contributed by atoms with Gasteiger partial charge in [-0.25, -0.2) is 0 Å². The standard InChI is InChI=1S/C13H19NO2S/c1-5-9-6-7-17-11(9)12(16)14-8-10(15)13(2,3)4/h6-7H,5,8H2,1-4H3,(H,14,16). The molecule has 0 radical (unpaired) electrons. The highest BCUT2D eigenvalue weighted by atomic mass is 32.1. The van der Waals surface area contributed by atoms with Crippen LogP contribution in [0.15, 0.2) is 11.4 Å². The largest absolute Gasteiger partial charge is 0.344 e. The maximum atomic E-state index is 11.9. The van der Waals surface area contributed by atoms with Gasteiger partial charge in [-0.15, -0.1) is 11.3 Å². The third-order valence-corrected chi connectivity index (χ3v) is 3.54. The van der Waals surface area contributed by atoms with E-state index < -0.39 is 5.41 Å². The molecule has 1 aromatic heterocycles. The van der Waals surface area contributed by atoms with Crippen molar-refractivity contribution >= 4 is 23.0 Å². The number of rotatable bonds is 4. The van der Waals surface area contributed by atoms with Crippen LogP contribution in [0.3, 0.4) is 0 Å². The second-order valence-electron chi connectivity index (χ2n) is 4.98. The molecular weight excluding hydrogens is 234 g/mol. The van der Waals surface area contributed by atoms with Crippen LogP contribution < -0.4 is 5.32 Å². The predicted octanol–water partition coefficient (Wildman–Crippen LogP) is 2.66. The lowest BCUT2D eigenvalue weighted by Gasteiger charge is -2.16. The maximum Gasteiger partial charge on any atom is 0.261 e. The summed E-state index contributed by atoms with van der Waals surface area (Å²) in [5, 5.41) is 4.59. The first kappa shape index (κ1) is 13.9. The summed E-state index contributed by atoms with van der Waals surface area (Å²) >= 11 is 1.42. The molecule has 3 nitrogen and oxygen atoms in total. The highest BCUT2D eigenvalue weighted by molar-refractivity contribution is 7.12. The molecule has 1 rings (SSSR count). The van der Waals surface area contributed by atoms with Crippen molar-refractivity contribution in [2.24, 2.45) is 5.41 Å². The first-order chi connectivity index (χ1) is 7.86. The fourth-order valence-electron chi connectivity index (χ4n) is 1.32. The molecule has 0 spiro atoms. The zero-order valence-corrected chi connectivity index (χ0v) is 11.6. The Labute approximate surface area is 106 Å². The molecule has 1 aromatic rings. The third kappa shape index (κ3) is 3.66. The monoisotopic (exact) mass is 253 g/mol. The molecule has 0 aliphatic carbocycles. The molecule has 0 unspecified atom stereocenters. The van der Waals surface area contributed by atoms with E-state index in [0.717, 1.165) is 12.0 Å². The number of nitrogens with one attached hydrogen (secondary N) is 1. The fraction of sp³-hybridized carbons (Fsp3) is 0.538. The molecule has 1 N–H and O–H groups in total. The number of ketones is 1. The van der Waals surface area contributed by atoms with Crippen LogP contribution in [-0.4, -0.2) is 18.2 Å². The van der Waals surface area contributed by atoms with Gasteiger partial charge in [-0.2, -0.15) is 0 Å². The third-order valence-electron chi connectivity index (χ3n) is 2.58. The second-order valence-corrected chi connectivity index (χ2v) is 5.90. The number of hydrogen-bond donors (Lipinski definition) is 1. The summed E-state index contributed by atoms with van der Waals surface area (Å²) in [5.74, 6) is -0.102. The van der Waals surface area contributed by atoms with Gasteiger partial charge in [0.05, 0.1) is 11.4 Å². The van der Waals surface area contributed by atoms with Crippen molar-refractivity contribution in [2.75, 3.05) is 6.54 Å². The van der Waals surface area contributed by atoms with Crippen LogP contribution in [0.5, 0.6) is 0 Å². The molecule has 94 valence electrons. The van der Waals surface area contributed by atoms with Crippen LogP contribution in [-0.2, 0) is 11.2 Å². The van der Waals surface area contributed by atoms with Crippen molar-refractivity contribution in [1.29, 1.82) is 0 Å². The number of hydrogen-bond acceptors (Lipinski definition) is 3. The van der Waals surface area contributed by atoms with Crippen LogP contribution in [0.1, 0.15) is 42.9 Å². The first-order valence-electron chi connectivity index (χ1n) is 5.74. The smallest absolute Gasteiger partial charge is 0.261 e. The summed E-state index contributed by atoms with van der Waals surface area (Å²) in [7, 11) is 0. The number of Topliss-reactive ketones (excluding diaryl/α,β-unsaturated/α-hetero) is 1. The number of thiophene rings is 1. The summed E-state index contributed by atoms with van der Waals surface area (Å²) < 4.78 is 0. The van der Waals surface area contributed by atoms with Crippen LogP contribution in [0.4, 0.5) is 0 Å². The lowest BCUT2D eigenvalue weighted by atomic mass is 9.91. The number of aryl methyl sites for hydroxylation is 1. The summed E-state index contributed by atoms with van der Waals surface area (Å²) in [4.78, 5) is 24.3. The second kappa shape index (κ2) is 5.45. The van der Waals surface area contributed by atoms with Crippen molar-refractivity contribution in [1.82, 2.24) is 5.32 Å². The summed E-state index contributed by atoms with van der Waals surface area (Å²) in [6.45, 7) is 7.67. The Morgan fingerprint density at radius 3 is 2.53 bits per heavy atom. The van der Waals surface area contributed by atoms with E-state index in [9.17, 15) is 9.59 Å². The van der Waals surface area contributed by atoms with Gasteiger partial charge in [-0.3, -0.25) is 9.59 Å². The number of amides is 1. The SMILES string of the molecule is CCc1ccsc1C(=O)NCC(=O)C(C)(C)C. The minimum absolute atomic E-state index is 0.0421. The van der Waals surface area contributed by atoms with E-state index in [-0.39, 0.29) is 18.2 Å². The molecule has 1 amide bonds. The summed E-state index contributed by atoms with van der Waals surface area (Å²) in [5.41, 5.74) is 0.631. The molecule has 0 fully saturated rings. The first-order valence-corrected chi connectivity index (χ1v) is 6.62. The van der Waals surface area contributed by atoms with Gasteiger partial charge >= 0.3 is 0 Å². The van der Waals surface area contributed by atoms with Crippen molar-refractivity contribution in [3.8, 4) is 0 Å². The lowest BCUT2D eigenvalue weighted by Crippen LogP contribution is -2.35. The molecule has 0 saturated carbocycles. The zero-order chi connectivity index (χ0) is 13.1. The molecule has 0 bridgehead atoms. The fourth-order valence-corrected chi connectivity index (χ4v) is 2.23. The Morgan fingerprint density at radius 1 is 1.35 bits per heavy atom. The predicted molar refractivity (Wildman–Crippen MR) is 70.5 cm³/mol. The minimum atomic E-state index is -0.406. The molecule has 0 saturated heterocycles. The van der Waals surface area contributed by atoms with E-state index >= 15 is 0 Å². The normalized spacial score (nSPS) is 11.3. The quantitative estimate of drug-likeness (QED) is 0.896. The van der Waals surface area contributed by atoms with Crippen LogP contribution in [0.2, 0.25) is 0 Å². The van der Waals surface area contributed by atoms with Crippen molar-refractivity contribution in [3.05, 3.63) is 21.9 Å². The van der Waals surface area contributed by atoms with E-state index in [1.54, 1.807) is 0 Å². The van der Waals surface area contributed by atoms with Gasteiger partial charge in [0.25, 0.3) is 5.91 Å². The highest BCUT2D eigenvalue weighted by Crippen LogP contribution is 2.17. The summed E-state index contributed by atoms with van der Waals surface area (Å²) in [6.07, 6.45) is 0.833. The van der Waals surface area contributed by atoms with Gasteiger partial charge in [-0.1, -0.05) is 27.7 Å². The van der Waals surface area contributed by atoms with Crippen molar-refractivity contribution in [3.63, 3.8) is 0 Å². The van der Waals surface area contributed by atoms with Gasteiger partial charge in [-0.05, 0) is 23.4 Å². The Bertz CT molecular complexity index is 415.